The monoisotopic (exact) mass is 327 g/mol. The topological polar surface area (TPSA) is 92.2 Å². The summed E-state index contributed by atoms with van der Waals surface area (Å²) in [6, 6.07) is 4.96. The van der Waals surface area contributed by atoms with E-state index in [4.69, 9.17) is 0 Å². The van der Waals surface area contributed by atoms with Crippen LogP contribution in [-0.4, -0.2) is 35.4 Å². The zero-order chi connectivity index (χ0) is 14.9. The van der Waals surface area contributed by atoms with Crippen molar-refractivity contribution in [2.75, 3.05) is 13.2 Å². The van der Waals surface area contributed by atoms with Crippen molar-refractivity contribution in [3.8, 4) is 0 Å². The fourth-order valence-corrected chi connectivity index (χ4v) is 4.77. The van der Waals surface area contributed by atoms with Gasteiger partial charge in [0.05, 0.1) is 11.7 Å². The van der Waals surface area contributed by atoms with Crippen LogP contribution in [0.4, 0.5) is 0 Å². The minimum absolute atomic E-state index is 0.123. The Bertz CT molecular complexity index is 729. The largest absolute Gasteiger partial charge is 0.396 e. The molecule has 2 unspecified atom stereocenters. The van der Waals surface area contributed by atoms with Crippen LogP contribution in [0.15, 0.2) is 23.1 Å². The van der Waals surface area contributed by atoms with Gasteiger partial charge in [-0.2, -0.15) is 8.75 Å². The maximum atomic E-state index is 12.5. The van der Waals surface area contributed by atoms with E-state index in [0.29, 0.717) is 17.6 Å². The molecule has 1 aliphatic rings. The number of fused-ring (bicyclic) bond motifs is 1. The number of aliphatic hydroxyl groups excluding tert-OH is 1. The van der Waals surface area contributed by atoms with Crippen molar-refractivity contribution in [2.45, 2.75) is 24.2 Å². The fourth-order valence-electron chi connectivity index (χ4n) is 2.92. The summed E-state index contributed by atoms with van der Waals surface area (Å²) in [6.45, 7) is 0.486. The summed E-state index contributed by atoms with van der Waals surface area (Å²) in [5, 5.41) is 9.30. The van der Waals surface area contributed by atoms with Crippen molar-refractivity contribution in [2.24, 2.45) is 11.8 Å². The van der Waals surface area contributed by atoms with Gasteiger partial charge in [0.25, 0.3) is 0 Å². The lowest BCUT2D eigenvalue weighted by Gasteiger charge is -2.17. The molecule has 1 aliphatic carbocycles. The highest BCUT2D eigenvalue weighted by Gasteiger charge is 2.28. The lowest BCUT2D eigenvalue weighted by Crippen LogP contribution is -2.31. The van der Waals surface area contributed by atoms with Crippen molar-refractivity contribution in [1.82, 2.24) is 13.5 Å². The molecule has 0 bridgehead atoms. The number of hydrogen-bond donors (Lipinski definition) is 2. The summed E-state index contributed by atoms with van der Waals surface area (Å²) in [5.74, 6) is 0.405. The minimum Gasteiger partial charge on any atom is -0.396 e. The first-order chi connectivity index (χ1) is 10.1. The second-order valence-electron chi connectivity index (χ2n) is 5.37. The van der Waals surface area contributed by atoms with E-state index in [9.17, 15) is 13.5 Å². The predicted molar refractivity (Wildman–Crippen MR) is 80.5 cm³/mol. The highest BCUT2D eigenvalue weighted by Crippen LogP contribution is 2.31. The van der Waals surface area contributed by atoms with Crippen molar-refractivity contribution >= 4 is 32.8 Å². The van der Waals surface area contributed by atoms with Crippen LogP contribution < -0.4 is 4.72 Å². The highest BCUT2D eigenvalue weighted by atomic mass is 32.2. The number of nitrogens with one attached hydrogen (secondary N) is 1. The number of aliphatic hydroxyl groups is 1. The molecule has 6 nitrogen and oxygen atoms in total. The molecule has 2 N–H and O–H groups in total. The summed E-state index contributed by atoms with van der Waals surface area (Å²) < 4.78 is 35.7. The van der Waals surface area contributed by atoms with Gasteiger partial charge in [-0.15, -0.1) is 0 Å². The maximum Gasteiger partial charge on any atom is 0.242 e. The van der Waals surface area contributed by atoms with Gasteiger partial charge >= 0.3 is 0 Å². The summed E-state index contributed by atoms with van der Waals surface area (Å²) in [5.41, 5.74) is 1.01. The van der Waals surface area contributed by atoms with Gasteiger partial charge in [0.15, 0.2) is 0 Å². The first-order valence-corrected chi connectivity index (χ1v) is 9.15. The van der Waals surface area contributed by atoms with Crippen molar-refractivity contribution < 1.29 is 13.5 Å². The van der Waals surface area contributed by atoms with Crippen LogP contribution in [0.1, 0.15) is 19.3 Å². The molecule has 2 aromatic rings. The van der Waals surface area contributed by atoms with E-state index in [-0.39, 0.29) is 23.3 Å². The molecular formula is C13H17N3O3S2. The Hall–Kier alpha value is -1.09. The number of aromatic nitrogens is 2. The molecule has 114 valence electrons. The molecule has 21 heavy (non-hydrogen) atoms. The van der Waals surface area contributed by atoms with Crippen LogP contribution in [0.5, 0.6) is 0 Å². The van der Waals surface area contributed by atoms with Gasteiger partial charge < -0.3 is 5.11 Å². The van der Waals surface area contributed by atoms with E-state index in [1.807, 2.05) is 0 Å². The average Bonchev–Trinajstić information content (AvgIpc) is 3.12. The molecule has 0 spiro atoms. The van der Waals surface area contributed by atoms with E-state index in [2.05, 4.69) is 13.5 Å². The number of nitrogens with zero attached hydrogens (tertiary/aromatic N) is 2. The second kappa shape index (κ2) is 5.96. The third kappa shape index (κ3) is 2.94. The Morgan fingerprint density at radius 3 is 2.90 bits per heavy atom. The van der Waals surface area contributed by atoms with Gasteiger partial charge in [0.2, 0.25) is 10.0 Å². The number of rotatable bonds is 5. The normalized spacial score (nSPS) is 22.9. The number of hydrogen-bond acceptors (Lipinski definition) is 6. The zero-order valence-electron chi connectivity index (χ0n) is 11.4. The van der Waals surface area contributed by atoms with Crippen molar-refractivity contribution in [3.63, 3.8) is 0 Å². The van der Waals surface area contributed by atoms with Gasteiger partial charge in [-0.05, 0) is 36.8 Å². The van der Waals surface area contributed by atoms with Gasteiger partial charge in [0, 0.05) is 13.2 Å². The van der Waals surface area contributed by atoms with Crippen LogP contribution >= 0.6 is 11.7 Å². The molecule has 1 aromatic heterocycles. The average molecular weight is 327 g/mol. The van der Waals surface area contributed by atoms with Crippen LogP contribution in [0.3, 0.4) is 0 Å². The Balaban J connectivity index is 1.79. The maximum absolute atomic E-state index is 12.5. The molecular weight excluding hydrogens is 310 g/mol. The molecule has 2 atom stereocenters. The Kier molecular flexibility index (Phi) is 4.21. The third-order valence-corrected chi connectivity index (χ3v) is 6.12. The van der Waals surface area contributed by atoms with Gasteiger partial charge in [-0.3, -0.25) is 0 Å². The van der Waals surface area contributed by atoms with E-state index in [1.54, 1.807) is 18.2 Å². The lowest BCUT2D eigenvalue weighted by molar-refractivity contribution is 0.195. The zero-order valence-corrected chi connectivity index (χ0v) is 13.0. The molecule has 0 aliphatic heterocycles. The molecule has 0 radical (unpaired) electrons. The quantitative estimate of drug-likeness (QED) is 0.865. The fraction of sp³-hybridized carbons (Fsp3) is 0.538. The van der Waals surface area contributed by atoms with E-state index < -0.39 is 10.0 Å². The molecule has 1 saturated carbocycles. The summed E-state index contributed by atoms with van der Waals surface area (Å²) in [6.07, 6.45) is 2.97. The molecule has 1 fully saturated rings. The van der Waals surface area contributed by atoms with E-state index in [1.165, 1.54) is 0 Å². The Morgan fingerprint density at radius 1 is 1.29 bits per heavy atom. The predicted octanol–water partition coefficient (Wildman–Crippen LogP) is 1.38. The minimum atomic E-state index is -3.60. The van der Waals surface area contributed by atoms with Crippen LogP contribution in [0, 0.1) is 11.8 Å². The highest BCUT2D eigenvalue weighted by molar-refractivity contribution is 7.89. The molecule has 0 saturated heterocycles. The summed E-state index contributed by atoms with van der Waals surface area (Å²) in [7, 11) is -3.60. The number of sulfonamides is 1. The molecule has 3 rings (SSSR count). The standard InChI is InChI=1S/C13H17N3O3S2/c17-8-10-4-1-3-9(10)7-14-21(18,19)12-6-2-5-11-13(12)16-20-15-11/h2,5-6,9-10,14,17H,1,3-4,7-8H2. The SMILES string of the molecule is O=S(=O)(NCC1CCCC1CO)c1cccc2nsnc12. The Labute approximate surface area is 127 Å². The van der Waals surface area contributed by atoms with E-state index in [0.717, 1.165) is 31.0 Å². The third-order valence-electron chi connectivity index (χ3n) is 4.13. The van der Waals surface area contributed by atoms with Crippen LogP contribution in [0.2, 0.25) is 0 Å². The van der Waals surface area contributed by atoms with Gasteiger partial charge in [-0.1, -0.05) is 12.5 Å². The van der Waals surface area contributed by atoms with Crippen molar-refractivity contribution in [1.29, 1.82) is 0 Å². The van der Waals surface area contributed by atoms with Crippen LogP contribution in [0.25, 0.3) is 11.0 Å². The molecule has 1 heterocycles. The molecule has 0 amide bonds. The van der Waals surface area contributed by atoms with Crippen LogP contribution in [-0.2, 0) is 10.0 Å². The lowest BCUT2D eigenvalue weighted by atomic mass is 9.97. The number of benzene rings is 1. The van der Waals surface area contributed by atoms with Crippen molar-refractivity contribution in [3.05, 3.63) is 18.2 Å². The Morgan fingerprint density at radius 2 is 2.10 bits per heavy atom. The van der Waals surface area contributed by atoms with Gasteiger partial charge in [0.1, 0.15) is 15.9 Å². The second-order valence-corrected chi connectivity index (χ2v) is 7.64. The van der Waals surface area contributed by atoms with E-state index >= 15 is 0 Å². The molecule has 1 aromatic carbocycles. The first kappa shape index (κ1) is 14.8. The summed E-state index contributed by atoms with van der Waals surface area (Å²) in [4.78, 5) is 0.173. The smallest absolute Gasteiger partial charge is 0.242 e. The molecule has 8 heteroatoms. The summed E-state index contributed by atoms with van der Waals surface area (Å²) >= 11 is 1.01. The van der Waals surface area contributed by atoms with Gasteiger partial charge in [-0.25, -0.2) is 13.1 Å². The first-order valence-electron chi connectivity index (χ1n) is 6.93.